The first-order chi connectivity index (χ1) is 10.5. The molecule has 3 aromatic rings. The Kier molecular flexibility index (Phi) is 3.43. The highest BCUT2D eigenvalue weighted by Crippen LogP contribution is 2.23. The summed E-state index contributed by atoms with van der Waals surface area (Å²) in [4.78, 5) is 32.6. The molecular formula is C14H7NO6S. The van der Waals surface area contributed by atoms with Gasteiger partial charge in [0.25, 0.3) is 5.69 Å². The highest BCUT2D eigenvalue weighted by atomic mass is 32.1. The van der Waals surface area contributed by atoms with Gasteiger partial charge in [-0.1, -0.05) is 11.3 Å². The molecule has 0 aliphatic rings. The number of esters is 1. The lowest BCUT2D eigenvalue weighted by Crippen LogP contribution is -2.08. The average molecular weight is 317 g/mol. The number of hydrogen-bond acceptors (Lipinski definition) is 7. The van der Waals surface area contributed by atoms with Crippen molar-refractivity contribution in [2.45, 2.75) is 0 Å². The lowest BCUT2D eigenvalue weighted by Gasteiger charge is -2.03. The molecule has 8 heteroatoms. The Balaban J connectivity index is 1.82. The zero-order chi connectivity index (χ0) is 15.7. The molecule has 0 saturated carbocycles. The van der Waals surface area contributed by atoms with Gasteiger partial charge in [0.2, 0.25) is 0 Å². The molecule has 0 spiro atoms. The van der Waals surface area contributed by atoms with E-state index in [1.54, 1.807) is 6.07 Å². The lowest BCUT2D eigenvalue weighted by molar-refractivity contribution is -0.384. The average Bonchev–Trinajstić information content (AvgIpc) is 2.86. The van der Waals surface area contributed by atoms with Gasteiger partial charge in [0.15, 0.2) is 5.58 Å². The van der Waals surface area contributed by atoms with Crippen LogP contribution in [0.3, 0.4) is 0 Å². The monoisotopic (exact) mass is 317 g/mol. The number of benzene rings is 2. The minimum Gasteiger partial charge on any atom is -0.423 e. The summed E-state index contributed by atoms with van der Waals surface area (Å²) in [6, 6.07) is 9.65. The first-order valence-electron chi connectivity index (χ1n) is 6.03. The summed E-state index contributed by atoms with van der Waals surface area (Å²) in [5, 5.41) is 10.6. The number of nitro groups is 1. The maximum Gasteiger partial charge on any atom is 0.396 e. The van der Waals surface area contributed by atoms with Crippen molar-refractivity contribution in [2.24, 2.45) is 0 Å². The van der Waals surface area contributed by atoms with Gasteiger partial charge in [-0.2, -0.15) is 0 Å². The van der Waals surface area contributed by atoms with Crippen LogP contribution in [0.4, 0.5) is 5.69 Å². The minimum atomic E-state index is -0.660. The van der Waals surface area contributed by atoms with Gasteiger partial charge in [0.1, 0.15) is 5.75 Å². The van der Waals surface area contributed by atoms with Crippen LogP contribution in [0.15, 0.2) is 51.7 Å². The molecule has 110 valence electrons. The van der Waals surface area contributed by atoms with E-state index >= 15 is 0 Å². The summed E-state index contributed by atoms with van der Waals surface area (Å²) in [6.07, 6.45) is 0. The molecule has 0 radical (unpaired) electrons. The standard InChI is InChI=1S/C14H7NO6S/c16-13(8-1-3-9(4-2-8)15(18)19)20-10-5-6-12-11(7-10)21-14(17)22-12/h1-7H. The normalized spacial score (nSPS) is 10.5. The van der Waals surface area contributed by atoms with Crippen molar-refractivity contribution in [1.29, 1.82) is 0 Å². The number of fused-ring (bicyclic) bond motifs is 1. The van der Waals surface area contributed by atoms with Gasteiger partial charge < -0.3 is 9.15 Å². The third kappa shape index (κ3) is 2.72. The van der Waals surface area contributed by atoms with E-state index in [-0.39, 0.29) is 17.0 Å². The van der Waals surface area contributed by atoms with Crippen molar-refractivity contribution in [1.82, 2.24) is 0 Å². The van der Waals surface area contributed by atoms with Gasteiger partial charge in [-0.15, -0.1) is 0 Å². The van der Waals surface area contributed by atoms with Crippen molar-refractivity contribution in [3.8, 4) is 5.75 Å². The van der Waals surface area contributed by atoms with E-state index in [2.05, 4.69) is 0 Å². The Labute approximate surface area is 126 Å². The fraction of sp³-hybridized carbons (Fsp3) is 0. The molecule has 7 nitrogen and oxygen atoms in total. The Morgan fingerprint density at radius 1 is 1.18 bits per heavy atom. The van der Waals surface area contributed by atoms with Gasteiger partial charge in [-0.05, 0) is 24.3 Å². The van der Waals surface area contributed by atoms with Crippen LogP contribution in [0.2, 0.25) is 0 Å². The van der Waals surface area contributed by atoms with E-state index in [1.807, 2.05) is 0 Å². The van der Waals surface area contributed by atoms with Crippen LogP contribution < -0.4 is 9.68 Å². The number of rotatable bonds is 3. The highest BCUT2D eigenvalue weighted by molar-refractivity contribution is 7.16. The van der Waals surface area contributed by atoms with Crippen LogP contribution in [-0.2, 0) is 0 Å². The lowest BCUT2D eigenvalue weighted by atomic mass is 10.2. The second-order valence-corrected chi connectivity index (χ2v) is 5.23. The van der Waals surface area contributed by atoms with Crippen molar-refractivity contribution in [3.05, 3.63) is 67.9 Å². The van der Waals surface area contributed by atoms with E-state index in [4.69, 9.17) is 9.15 Å². The molecule has 22 heavy (non-hydrogen) atoms. The molecule has 0 bridgehead atoms. The molecule has 0 amide bonds. The molecule has 1 heterocycles. The summed E-state index contributed by atoms with van der Waals surface area (Å²) in [5.74, 6) is -0.441. The Bertz CT molecular complexity index is 924. The van der Waals surface area contributed by atoms with Gasteiger partial charge >= 0.3 is 10.9 Å². The van der Waals surface area contributed by atoms with Crippen molar-refractivity contribution >= 4 is 33.3 Å². The van der Waals surface area contributed by atoms with E-state index in [0.717, 1.165) is 11.3 Å². The molecule has 3 rings (SSSR count). The number of carbonyl (C=O) groups is 1. The summed E-state index contributed by atoms with van der Waals surface area (Å²) in [7, 11) is 0. The Morgan fingerprint density at radius 2 is 1.91 bits per heavy atom. The fourth-order valence-electron chi connectivity index (χ4n) is 1.80. The van der Waals surface area contributed by atoms with Crippen molar-refractivity contribution in [2.75, 3.05) is 0 Å². The summed E-state index contributed by atoms with van der Waals surface area (Å²) in [6.45, 7) is 0. The van der Waals surface area contributed by atoms with E-state index in [0.29, 0.717) is 10.3 Å². The number of ether oxygens (including phenoxy) is 1. The molecule has 0 atom stereocenters. The maximum atomic E-state index is 12.0. The maximum absolute atomic E-state index is 12.0. The molecule has 0 aliphatic carbocycles. The van der Waals surface area contributed by atoms with Crippen LogP contribution >= 0.6 is 11.3 Å². The smallest absolute Gasteiger partial charge is 0.396 e. The molecule has 0 unspecified atom stereocenters. The quantitative estimate of drug-likeness (QED) is 0.318. The van der Waals surface area contributed by atoms with Crippen LogP contribution in [0.25, 0.3) is 10.3 Å². The van der Waals surface area contributed by atoms with Crippen LogP contribution in [0, 0.1) is 10.1 Å². The highest BCUT2D eigenvalue weighted by Gasteiger charge is 2.12. The number of carbonyl (C=O) groups excluding carboxylic acids is 1. The Morgan fingerprint density at radius 3 is 2.59 bits per heavy atom. The number of nitrogens with zero attached hydrogens (tertiary/aromatic N) is 1. The predicted octanol–water partition coefficient (Wildman–Crippen LogP) is 2.98. The molecule has 0 aliphatic heterocycles. The number of nitro benzene ring substituents is 1. The first-order valence-corrected chi connectivity index (χ1v) is 6.85. The van der Waals surface area contributed by atoms with E-state index < -0.39 is 15.8 Å². The van der Waals surface area contributed by atoms with Gasteiger partial charge in [-0.25, -0.2) is 9.59 Å². The second kappa shape index (κ2) is 5.41. The van der Waals surface area contributed by atoms with Gasteiger partial charge in [0.05, 0.1) is 15.2 Å². The van der Waals surface area contributed by atoms with Gasteiger partial charge in [0, 0.05) is 18.2 Å². The summed E-state index contributed by atoms with van der Waals surface area (Å²) < 4.78 is 10.7. The molecule has 0 fully saturated rings. The van der Waals surface area contributed by atoms with E-state index in [9.17, 15) is 19.7 Å². The van der Waals surface area contributed by atoms with Crippen LogP contribution in [-0.4, -0.2) is 10.9 Å². The topological polar surface area (TPSA) is 99.7 Å². The van der Waals surface area contributed by atoms with Gasteiger partial charge in [-0.3, -0.25) is 10.1 Å². The minimum absolute atomic E-state index is 0.113. The third-order valence-electron chi connectivity index (χ3n) is 2.83. The predicted molar refractivity (Wildman–Crippen MR) is 78.4 cm³/mol. The fourth-order valence-corrected chi connectivity index (χ4v) is 2.45. The number of non-ortho nitro benzene ring substituents is 1. The van der Waals surface area contributed by atoms with Crippen molar-refractivity contribution < 1.29 is 18.9 Å². The molecule has 0 saturated heterocycles. The van der Waals surface area contributed by atoms with Crippen LogP contribution in [0.1, 0.15) is 10.4 Å². The summed E-state index contributed by atoms with van der Waals surface area (Å²) >= 11 is 0.954. The zero-order valence-corrected chi connectivity index (χ0v) is 11.7. The molecule has 2 aromatic carbocycles. The Hall–Kier alpha value is -3.00. The van der Waals surface area contributed by atoms with E-state index in [1.165, 1.54) is 36.4 Å². The largest absolute Gasteiger partial charge is 0.423 e. The second-order valence-electron chi connectivity index (χ2n) is 4.26. The third-order valence-corrected chi connectivity index (χ3v) is 3.63. The zero-order valence-electron chi connectivity index (χ0n) is 10.8. The SMILES string of the molecule is O=C(Oc1ccc2sc(=O)oc2c1)c1ccc([N+](=O)[O-])cc1. The number of hydrogen-bond donors (Lipinski definition) is 0. The summed E-state index contributed by atoms with van der Waals surface area (Å²) in [5.41, 5.74) is 0.402. The molecule has 1 aromatic heterocycles. The first kappa shape index (κ1) is 14.0. The van der Waals surface area contributed by atoms with Crippen LogP contribution in [0.5, 0.6) is 5.75 Å². The van der Waals surface area contributed by atoms with Crippen molar-refractivity contribution in [3.63, 3.8) is 0 Å². The molecule has 0 N–H and O–H groups in total. The molecular weight excluding hydrogens is 310 g/mol.